The van der Waals surface area contributed by atoms with E-state index in [0.717, 1.165) is 22.1 Å². The fourth-order valence-corrected chi connectivity index (χ4v) is 3.99. The minimum atomic E-state index is -0.874. The Morgan fingerprint density at radius 1 is 1.17 bits per heavy atom. The SMILES string of the molecule is O=C(O)c1ccc2c(c1)[C@H]1C=CC[C@H]1[C@@H](c1ccc(Br)cc1)N2. The molecule has 0 spiro atoms. The number of hydrogen-bond acceptors (Lipinski definition) is 2. The minimum Gasteiger partial charge on any atom is -0.478 e. The molecule has 1 heterocycles. The molecule has 0 bridgehead atoms. The van der Waals surface area contributed by atoms with Gasteiger partial charge in [0.25, 0.3) is 0 Å². The van der Waals surface area contributed by atoms with Crippen LogP contribution >= 0.6 is 15.9 Å². The maximum absolute atomic E-state index is 11.3. The summed E-state index contributed by atoms with van der Waals surface area (Å²) in [5.41, 5.74) is 3.75. The molecule has 1 aliphatic carbocycles. The van der Waals surface area contributed by atoms with Crippen LogP contribution in [0.5, 0.6) is 0 Å². The van der Waals surface area contributed by atoms with Gasteiger partial charge in [-0.1, -0.05) is 40.2 Å². The first-order chi connectivity index (χ1) is 11.1. The van der Waals surface area contributed by atoms with Gasteiger partial charge in [0, 0.05) is 16.1 Å². The lowest BCUT2D eigenvalue weighted by atomic mass is 9.76. The van der Waals surface area contributed by atoms with Crippen LogP contribution in [0.1, 0.15) is 39.9 Å². The number of allylic oxidation sites excluding steroid dienone is 2. The number of fused-ring (bicyclic) bond motifs is 3. The molecule has 3 atom stereocenters. The van der Waals surface area contributed by atoms with Crippen molar-refractivity contribution in [3.05, 3.63) is 75.8 Å². The van der Waals surface area contributed by atoms with Crippen LogP contribution < -0.4 is 5.32 Å². The van der Waals surface area contributed by atoms with Gasteiger partial charge in [0.05, 0.1) is 11.6 Å². The molecular weight excluding hydrogens is 354 g/mol. The summed E-state index contributed by atoms with van der Waals surface area (Å²) in [7, 11) is 0. The smallest absolute Gasteiger partial charge is 0.335 e. The number of halogens is 1. The molecule has 2 aromatic rings. The van der Waals surface area contributed by atoms with Crippen molar-refractivity contribution in [2.24, 2.45) is 5.92 Å². The Morgan fingerprint density at radius 2 is 1.96 bits per heavy atom. The molecule has 3 nitrogen and oxygen atoms in total. The first-order valence-corrected chi connectivity index (χ1v) is 8.48. The second kappa shape index (κ2) is 5.53. The van der Waals surface area contributed by atoms with Crippen molar-refractivity contribution in [3.63, 3.8) is 0 Å². The standard InChI is InChI=1S/C19H16BrNO2/c20-13-7-4-11(5-8-13)18-15-3-1-2-14(15)16-10-12(19(22)23)6-9-17(16)21-18/h1-2,4-10,14-15,18,21H,3H2,(H,22,23)/t14-,15+,18+/m0/s1. The van der Waals surface area contributed by atoms with Crippen molar-refractivity contribution in [3.8, 4) is 0 Å². The molecule has 0 saturated carbocycles. The van der Waals surface area contributed by atoms with Crippen LogP contribution in [-0.2, 0) is 0 Å². The third kappa shape index (κ3) is 2.47. The van der Waals surface area contributed by atoms with E-state index in [0.29, 0.717) is 11.5 Å². The highest BCUT2D eigenvalue weighted by Gasteiger charge is 2.38. The van der Waals surface area contributed by atoms with Crippen LogP contribution in [0, 0.1) is 5.92 Å². The number of carbonyl (C=O) groups is 1. The molecule has 4 rings (SSSR count). The summed E-state index contributed by atoms with van der Waals surface area (Å²) in [6.07, 6.45) is 5.45. The van der Waals surface area contributed by atoms with Gasteiger partial charge in [-0.05, 0) is 53.8 Å². The summed E-state index contributed by atoms with van der Waals surface area (Å²) in [5.74, 6) is -0.173. The normalized spacial score (nSPS) is 24.7. The molecule has 2 aromatic carbocycles. The predicted molar refractivity (Wildman–Crippen MR) is 93.9 cm³/mol. The number of rotatable bonds is 2. The zero-order chi connectivity index (χ0) is 16.0. The average molecular weight is 370 g/mol. The Hall–Kier alpha value is -2.07. The van der Waals surface area contributed by atoms with Gasteiger partial charge in [0.2, 0.25) is 0 Å². The quantitative estimate of drug-likeness (QED) is 0.734. The van der Waals surface area contributed by atoms with Crippen molar-refractivity contribution >= 4 is 27.6 Å². The highest BCUT2D eigenvalue weighted by molar-refractivity contribution is 9.10. The molecule has 116 valence electrons. The minimum absolute atomic E-state index is 0.242. The molecule has 0 amide bonds. The van der Waals surface area contributed by atoms with Crippen LogP contribution in [-0.4, -0.2) is 11.1 Å². The number of nitrogens with one attached hydrogen (secondary N) is 1. The van der Waals surface area contributed by atoms with E-state index in [1.807, 2.05) is 12.1 Å². The molecule has 2 aliphatic rings. The van der Waals surface area contributed by atoms with Gasteiger partial charge < -0.3 is 10.4 Å². The lowest BCUT2D eigenvalue weighted by Crippen LogP contribution is -2.29. The summed E-state index contributed by atoms with van der Waals surface area (Å²) in [6, 6.07) is 14.1. The van der Waals surface area contributed by atoms with Gasteiger partial charge in [-0.3, -0.25) is 0 Å². The van der Waals surface area contributed by atoms with Gasteiger partial charge in [-0.2, -0.15) is 0 Å². The highest BCUT2D eigenvalue weighted by Crippen LogP contribution is 2.49. The lowest BCUT2D eigenvalue weighted by Gasteiger charge is -2.37. The fourth-order valence-electron chi connectivity index (χ4n) is 3.73. The summed E-state index contributed by atoms with van der Waals surface area (Å²) >= 11 is 3.48. The average Bonchev–Trinajstić information content (AvgIpc) is 3.04. The Morgan fingerprint density at radius 3 is 2.70 bits per heavy atom. The number of hydrogen-bond donors (Lipinski definition) is 2. The fraction of sp³-hybridized carbons (Fsp3) is 0.211. The van der Waals surface area contributed by atoms with Crippen LogP contribution in [0.4, 0.5) is 5.69 Å². The van der Waals surface area contributed by atoms with E-state index in [9.17, 15) is 9.90 Å². The molecular formula is C19H16BrNO2. The summed E-state index contributed by atoms with van der Waals surface area (Å²) in [4.78, 5) is 11.3. The van der Waals surface area contributed by atoms with Crippen molar-refractivity contribution < 1.29 is 9.90 Å². The summed E-state index contributed by atoms with van der Waals surface area (Å²) < 4.78 is 1.07. The van der Waals surface area contributed by atoms with Gasteiger partial charge >= 0.3 is 5.97 Å². The van der Waals surface area contributed by atoms with E-state index in [1.54, 1.807) is 6.07 Å². The third-order valence-corrected chi connectivity index (χ3v) is 5.37. The zero-order valence-electron chi connectivity index (χ0n) is 12.4. The van der Waals surface area contributed by atoms with Crippen molar-refractivity contribution in [1.82, 2.24) is 0 Å². The van der Waals surface area contributed by atoms with Crippen molar-refractivity contribution in [2.45, 2.75) is 18.4 Å². The monoisotopic (exact) mass is 369 g/mol. The second-order valence-electron chi connectivity index (χ2n) is 6.13. The van der Waals surface area contributed by atoms with Crippen LogP contribution in [0.2, 0.25) is 0 Å². The molecule has 0 aromatic heterocycles. The van der Waals surface area contributed by atoms with Crippen LogP contribution in [0.3, 0.4) is 0 Å². The maximum Gasteiger partial charge on any atom is 0.335 e. The Labute approximate surface area is 143 Å². The van der Waals surface area contributed by atoms with Crippen LogP contribution in [0.15, 0.2) is 59.1 Å². The molecule has 0 fully saturated rings. The number of aromatic carboxylic acids is 1. The summed E-state index contributed by atoms with van der Waals surface area (Å²) in [5, 5.41) is 12.9. The zero-order valence-corrected chi connectivity index (χ0v) is 14.0. The van der Waals surface area contributed by atoms with E-state index in [2.05, 4.69) is 57.7 Å². The van der Waals surface area contributed by atoms with Gasteiger partial charge in [0.15, 0.2) is 0 Å². The first-order valence-electron chi connectivity index (χ1n) is 7.69. The second-order valence-corrected chi connectivity index (χ2v) is 7.05. The number of anilines is 1. The predicted octanol–water partition coefficient (Wildman–Crippen LogP) is 4.97. The number of carboxylic acids is 1. The van der Waals surface area contributed by atoms with E-state index in [1.165, 1.54) is 5.56 Å². The topological polar surface area (TPSA) is 49.3 Å². The molecule has 0 saturated heterocycles. The van der Waals surface area contributed by atoms with Gasteiger partial charge in [-0.25, -0.2) is 4.79 Å². The molecule has 4 heteroatoms. The maximum atomic E-state index is 11.3. The van der Waals surface area contributed by atoms with E-state index >= 15 is 0 Å². The van der Waals surface area contributed by atoms with Crippen molar-refractivity contribution in [1.29, 1.82) is 0 Å². The number of benzene rings is 2. The van der Waals surface area contributed by atoms with Gasteiger partial charge in [0.1, 0.15) is 0 Å². The Kier molecular flexibility index (Phi) is 3.49. The largest absolute Gasteiger partial charge is 0.478 e. The highest BCUT2D eigenvalue weighted by atomic mass is 79.9. The van der Waals surface area contributed by atoms with E-state index in [4.69, 9.17) is 0 Å². The third-order valence-electron chi connectivity index (χ3n) is 4.84. The van der Waals surface area contributed by atoms with E-state index < -0.39 is 5.97 Å². The first kappa shape index (κ1) is 14.5. The number of carboxylic acid groups (broad SMARTS) is 1. The molecule has 2 N–H and O–H groups in total. The van der Waals surface area contributed by atoms with Gasteiger partial charge in [-0.15, -0.1) is 0 Å². The molecule has 1 aliphatic heterocycles. The Bertz CT molecular complexity index is 798. The Balaban J connectivity index is 1.77. The van der Waals surface area contributed by atoms with Crippen LogP contribution in [0.25, 0.3) is 0 Å². The van der Waals surface area contributed by atoms with Crippen molar-refractivity contribution in [2.75, 3.05) is 5.32 Å². The summed E-state index contributed by atoms with van der Waals surface area (Å²) in [6.45, 7) is 0. The molecule has 23 heavy (non-hydrogen) atoms. The van der Waals surface area contributed by atoms with E-state index in [-0.39, 0.29) is 12.0 Å². The molecule has 0 radical (unpaired) electrons. The molecule has 0 unspecified atom stereocenters. The lowest BCUT2D eigenvalue weighted by molar-refractivity contribution is 0.0696.